The van der Waals surface area contributed by atoms with Crippen molar-refractivity contribution in [3.8, 4) is 0 Å². The molecule has 3 N–H and O–H groups in total. The molecule has 1 saturated carbocycles. The summed E-state index contributed by atoms with van der Waals surface area (Å²) in [5.41, 5.74) is 5.73. The van der Waals surface area contributed by atoms with Gasteiger partial charge in [-0.15, -0.1) is 0 Å². The van der Waals surface area contributed by atoms with Crippen molar-refractivity contribution in [2.45, 2.75) is 88.9 Å². The summed E-state index contributed by atoms with van der Waals surface area (Å²) in [5, 5.41) is 9.04. The van der Waals surface area contributed by atoms with E-state index in [9.17, 15) is 0 Å². The number of hydrogen-bond acceptors (Lipinski definition) is 3. The van der Waals surface area contributed by atoms with Crippen LogP contribution < -0.4 is 10.6 Å². The third kappa shape index (κ3) is 4.00. The standard InChI is InChI=1S/C24H35N3O/c1-2-6-18(7-3-1)26-23-10-4-9-20-21-14-17(11-12-22(21)27-24(20)23)15-25-16-19-8-5-13-28-19/h11-12,14,18-19,23,25-27H,1-10,13,15-16H2. The number of ether oxygens (including phenoxy) is 1. The van der Waals surface area contributed by atoms with Gasteiger partial charge in [0, 0.05) is 48.4 Å². The first-order chi connectivity index (χ1) is 13.9. The van der Waals surface area contributed by atoms with Crippen molar-refractivity contribution in [2.75, 3.05) is 13.2 Å². The van der Waals surface area contributed by atoms with Crippen molar-refractivity contribution in [1.29, 1.82) is 0 Å². The normalized spacial score (nSPS) is 26.0. The Morgan fingerprint density at radius 2 is 1.93 bits per heavy atom. The molecule has 2 fully saturated rings. The molecule has 4 nitrogen and oxygen atoms in total. The molecule has 0 amide bonds. The summed E-state index contributed by atoms with van der Waals surface area (Å²) >= 11 is 0. The topological polar surface area (TPSA) is 49.1 Å². The molecule has 2 unspecified atom stereocenters. The average Bonchev–Trinajstić information content (AvgIpc) is 3.37. The summed E-state index contributed by atoms with van der Waals surface area (Å²) in [7, 11) is 0. The molecular weight excluding hydrogens is 346 g/mol. The van der Waals surface area contributed by atoms with Gasteiger partial charge in [-0.05, 0) is 68.2 Å². The van der Waals surface area contributed by atoms with Gasteiger partial charge < -0.3 is 20.4 Å². The Kier molecular flexibility index (Phi) is 5.70. The molecule has 5 rings (SSSR count). The summed E-state index contributed by atoms with van der Waals surface area (Å²) in [6.45, 7) is 2.83. The fourth-order valence-electron chi connectivity index (χ4n) is 5.52. The highest BCUT2D eigenvalue weighted by Gasteiger charge is 2.27. The number of H-pyrrole nitrogens is 1. The van der Waals surface area contributed by atoms with E-state index in [1.807, 2.05) is 0 Å². The molecule has 28 heavy (non-hydrogen) atoms. The lowest BCUT2D eigenvalue weighted by Crippen LogP contribution is -2.36. The highest BCUT2D eigenvalue weighted by atomic mass is 16.5. The SMILES string of the molecule is c1cc2[nH]c3c(c2cc1CNCC1CCCO1)CCCC3NC1CCCCC1. The van der Waals surface area contributed by atoms with E-state index in [0.717, 1.165) is 19.7 Å². The summed E-state index contributed by atoms with van der Waals surface area (Å²) in [6, 6.07) is 8.20. The summed E-state index contributed by atoms with van der Waals surface area (Å²) in [4.78, 5) is 3.78. The summed E-state index contributed by atoms with van der Waals surface area (Å²) in [5.74, 6) is 0. The van der Waals surface area contributed by atoms with E-state index in [-0.39, 0.29) is 0 Å². The van der Waals surface area contributed by atoms with Crippen LogP contribution in [-0.2, 0) is 17.7 Å². The lowest BCUT2D eigenvalue weighted by Gasteiger charge is -2.31. The van der Waals surface area contributed by atoms with Gasteiger partial charge in [-0.2, -0.15) is 0 Å². The van der Waals surface area contributed by atoms with Crippen LogP contribution in [-0.4, -0.2) is 30.3 Å². The average molecular weight is 382 g/mol. The molecule has 2 heterocycles. The molecule has 3 aliphatic rings. The van der Waals surface area contributed by atoms with Crippen LogP contribution >= 0.6 is 0 Å². The van der Waals surface area contributed by atoms with Gasteiger partial charge in [-0.1, -0.05) is 25.3 Å². The molecular formula is C24H35N3O. The number of hydrogen-bond donors (Lipinski definition) is 3. The number of benzene rings is 1. The predicted octanol–water partition coefficient (Wildman–Crippen LogP) is 4.74. The maximum Gasteiger partial charge on any atom is 0.0700 e. The maximum atomic E-state index is 5.72. The highest BCUT2D eigenvalue weighted by molar-refractivity contribution is 5.85. The first-order valence-corrected chi connectivity index (χ1v) is 11.6. The molecule has 0 radical (unpaired) electrons. The van der Waals surface area contributed by atoms with Crippen molar-refractivity contribution in [1.82, 2.24) is 15.6 Å². The number of aryl methyl sites for hydroxylation is 1. The first-order valence-electron chi connectivity index (χ1n) is 11.6. The minimum atomic E-state index is 0.412. The Hall–Kier alpha value is -1.36. The van der Waals surface area contributed by atoms with E-state index in [4.69, 9.17) is 4.74 Å². The van der Waals surface area contributed by atoms with Gasteiger partial charge in [0.25, 0.3) is 0 Å². The van der Waals surface area contributed by atoms with Crippen LogP contribution in [0.3, 0.4) is 0 Å². The minimum absolute atomic E-state index is 0.412. The molecule has 1 aliphatic heterocycles. The van der Waals surface area contributed by atoms with Crippen LogP contribution in [0, 0.1) is 0 Å². The fourth-order valence-corrected chi connectivity index (χ4v) is 5.52. The van der Waals surface area contributed by atoms with Crippen molar-refractivity contribution >= 4 is 10.9 Å². The molecule has 1 aromatic carbocycles. The number of fused-ring (bicyclic) bond motifs is 3. The fraction of sp³-hybridized carbons (Fsp3) is 0.667. The van der Waals surface area contributed by atoms with E-state index in [1.165, 1.54) is 86.4 Å². The summed E-state index contributed by atoms with van der Waals surface area (Å²) < 4.78 is 5.72. The van der Waals surface area contributed by atoms with Gasteiger partial charge in [0.1, 0.15) is 0 Å². The van der Waals surface area contributed by atoms with Crippen molar-refractivity contribution in [3.05, 3.63) is 35.0 Å². The van der Waals surface area contributed by atoms with E-state index in [1.54, 1.807) is 5.56 Å². The molecule has 1 aromatic heterocycles. The van der Waals surface area contributed by atoms with Gasteiger partial charge in [-0.25, -0.2) is 0 Å². The molecule has 2 atom stereocenters. The van der Waals surface area contributed by atoms with E-state index < -0.39 is 0 Å². The second-order valence-electron chi connectivity index (χ2n) is 9.11. The predicted molar refractivity (Wildman–Crippen MR) is 115 cm³/mol. The second kappa shape index (κ2) is 8.56. The molecule has 1 saturated heterocycles. The number of aromatic nitrogens is 1. The maximum absolute atomic E-state index is 5.72. The summed E-state index contributed by atoms with van der Waals surface area (Å²) in [6.07, 6.45) is 13.5. The molecule has 0 bridgehead atoms. The Balaban J connectivity index is 1.29. The number of aromatic amines is 1. The van der Waals surface area contributed by atoms with Crippen LogP contribution in [0.2, 0.25) is 0 Å². The first kappa shape index (κ1) is 18.7. The van der Waals surface area contributed by atoms with Crippen LogP contribution in [0.5, 0.6) is 0 Å². The monoisotopic (exact) mass is 381 g/mol. The van der Waals surface area contributed by atoms with Gasteiger partial charge in [0.05, 0.1) is 6.10 Å². The Labute approximate surface area is 168 Å². The second-order valence-corrected chi connectivity index (χ2v) is 9.11. The van der Waals surface area contributed by atoms with Gasteiger partial charge in [0.2, 0.25) is 0 Å². The van der Waals surface area contributed by atoms with E-state index in [0.29, 0.717) is 18.2 Å². The Morgan fingerprint density at radius 3 is 2.79 bits per heavy atom. The lowest BCUT2D eigenvalue weighted by atomic mass is 9.89. The van der Waals surface area contributed by atoms with Crippen molar-refractivity contribution in [2.24, 2.45) is 0 Å². The number of nitrogens with one attached hydrogen (secondary N) is 3. The molecule has 0 spiro atoms. The lowest BCUT2D eigenvalue weighted by molar-refractivity contribution is 0.110. The zero-order valence-electron chi connectivity index (χ0n) is 17.1. The van der Waals surface area contributed by atoms with E-state index >= 15 is 0 Å². The van der Waals surface area contributed by atoms with Crippen LogP contribution in [0.25, 0.3) is 10.9 Å². The quantitative estimate of drug-likeness (QED) is 0.678. The molecule has 4 heteroatoms. The Morgan fingerprint density at radius 1 is 1.00 bits per heavy atom. The minimum Gasteiger partial charge on any atom is -0.377 e. The molecule has 2 aromatic rings. The highest BCUT2D eigenvalue weighted by Crippen LogP contribution is 2.36. The number of rotatable bonds is 6. The van der Waals surface area contributed by atoms with Crippen molar-refractivity contribution < 1.29 is 4.74 Å². The van der Waals surface area contributed by atoms with E-state index in [2.05, 4.69) is 33.8 Å². The van der Waals surface area contributed by atoms with Gasteiger partial charge in [-0.3, -0.25) is 0 Å². The van der Waals surface area contributed by atoms with Crippen LogP contribution in [0.4, 0.5) is 0 Å². The van der Waals surface area contributed by atoms with Gasteiger partial charge >= 0.3 is 0 Å². The zero-order valence-corrected chi connectivity index (χ0v) is 17.1. The largest absolute Gasteiger partial charge is 0.377 e. The van der Waals surface area contributed by atoms with Gasteiger partial charge in [0.15, 0.2) is 0 Å². The van der Waals surface area contributed by atoms with Crippen LogP contribution in [0.1, 0.15) is 80.7 Å². The Bertz CT molecular complexity index is 786. The third-order valence-electron chi connectivity index (χ3n) is 7.04. The zero-order chi connectivity index (χ0) is 18.8. The molecule has 2 aliphatic carbocycles. The third-order valence-corrected chi connectivity index (χ3v) is 7.04. The molecule has 152 valence electrons. The van der Waals surface area contributed by atoms with Crippen LogP contribution in [0.15, 0.2) is 18.2 Å². The van der Waals surface area contributed by atoms with Crippen molar-refractivity contribution in [3.63, 3.8) is 0 Å². The smallest absolute Gasteiger partial charge is 0.0700 e.